The predicted molar refractivity (Wildman–Crippen MR) is 66.0 cm³/mol. The number of pyridine rings is 2. The first-order valence-corrected chi connectivity index (χ1v) is 5.35. The van der Waals surface area contributed by atoms with Gasteiger partial charge in [-0.1, -0.05) is 19.9 Å². The fourth-order valence-corrected chi connectivity index (χ4v) is 1.69. The van der Waals surface area contributed by atoms with Crippen molar-refractivity contribution in [3.63, 3.8) is 0 Å². The van der Waals surface area contributed by atoms with Crippen LogP contribution in [-0.2, 0) is 0 Å². The van der Waals surface area contributed by atoms with E-state index in [9.17, 15) is 0 Å². The maximum atomic E-state index is 5.58. The summed E-state index contributed by atoms with van der Waals surface area (Å²) < 4.78 is 0. The summed E-state index contributed by atoms with van der Waals surface area (Å²) >= 11 is 0. The van der Waals surface area contributed by atoms with E-state index in [0.29, 0.717) is 11.7 Å². The van der Waals surface area contributed by atoms with E-state index in [1.165, 1.54) is 0 Å². The van der Waals surface area contributed by atoms with E-state index in [2.05, 4.69) is 29.9 Å². The number of nitrogen functional groups attached to an aromatic ring is 1. The summed E-state index contributed by atoms with van der Waals surface area (Å²) in [6, 6.07) is 7.80. The minimum Gasteiger partial charge on any atom is -0.384 e. The molecule has 0 fully saturated rings. The zero-order chi connectivity index (χ0) is 11.5. The van der Waals surface area contributed by atoms with Crippen molar-refractivity contribution in [3.8, 4) is 11.1 Å². The average Bonchev–Trinajstić information content (AvgIpc) is 2.30. The summed E-state index contributed by atoms with van der Waals surface area (Å²) in [6.45, 7) is 4.27. The molecule has 0 atom stereocenters. The summed E-state index contributed by atoms with van der Waals surface area (Å²) in [5.41, 5.74) is 8.86. The molecular weight excluding hydrogens is 198 g/mol. The molecule has 0 spiro atoms. The van der Waals surface area contributed by atoms with Crippen molar-refractivity contribution in [1.82, 2.24) is 9.97 Å². The maximum Gasteiger partial charge on any atom is 0.123 e. The first-order chi connectivity index (χ1) is 7.68. The number of nitrogens with two attached hydrogens (primary N) is 1. The lowest BCUT2D eigenvalue weighted by molar-refractivity contribution is 0.825. The lowest BCUT2D eigenvalue weighted by Crippen LogP contribution is -1.97. The largest absolute Gasteiger partial charge is 0.384 e. The van der Waals surface area contributed by atoms with Crippen molar-refractivity contribution in [2.75, 3.05) is 5.73 Å². The molecule has 0 aliphatic rings. The van der Waals surface area contributed by atoms with Crippen LogP contribution in [0, 0.1) is 0 Å². The molecule has 0 unspecified atom stereocenters. The summed E-state index contributed by atoms with van der Waals surface area (Å²) in [7, 11) is 0. The smallest absolute Gasteiger partial charge is 0.123 e. The van der Waals surface area contributed by atoms with E-state index in [1.807, 2.05) is 24.4 Å². The highest BCUT2D eigenvalue weighted by atomic mass is 14.8. The second kappa shape index (κ2) is 4.31. The molecule has 0 bridgehead atoms. The lowest BCUT2D eigenvalue weighted by Gasteiger charge is -2.10. The molecule has 0 aromatic carbocycles. The summed E-state index contributed by atoms with van der Waals surface area (Å²) in [5, 5.41) is 0. The zero-order valence-electron chi connectivity index (χ0n) is 9.51. The van der Waals surface area contributed by atoms with Gasteiger partial charge in [0.25, 0.3) is 0 Å². The zero-order valence-corrected chi connectivity index (χ0v) is 9.51. The number of anilines is 1. The minimum absolute atomic E-state index is 0.397. The van der Waals surface area contributed by atoms with E-state index < -0.39 is 0 Å². The monoisotopic (exact) mass is 213 g/mol. The molecule has 0 aliphatic heterocycles. The third-order valence-electron chi connectivity index (χ3n) is 2.48. The molecule has 0 radical (unpaired) electrons. The van der Waals surface area contributed by atoms with Gasteiger partial charge in [0, 0.05) is 23.5 Å². The lowest BCUT2D eigenvalue weighted by atomic mass is 9.99. The number of hydrogen-bond donors (Lipinski definition) is 1. The fraction of sp³-hybridized carbons (Fsp3) is 0.231. The van der Waals surface area contributed by atoms with E-state index in [4.69, 9.17) is 5.73 Å². The number of hydrogen-bond acceptors (Lipinski definition) is 3. The second-order valence-electron chi connectivity index (χ2n) is 4.06. The van der Waals surface area contributed by atoms with Gasteiger partial charge in [0.15, 0.2) is 0 Å². The van der Waals surface area contributed by atoms with E-state index in [0.717, 1.165) is 16.8 Å². The Morgan fingerprint density at radius 3 is 2.56 bits per heavy atom. The van der Waals surface area contributed by atoms with E-state index >= 15 is 0 Å². The van der Waals surface area contributed by atoms with Crippen molar-refractivity contribution < 1.29 is 0 Å². The molecule has 3 nitrogen and oxygen atoms in total. The van der Waals surface area contributed by atoms with Gasteiger partial charge in [0.1, 0.15) is 5.82 Å². The Morgan fingerprint density at radius 1 is 1.12 bits per heavy atom. The van der Waals surface area contributed by atoms with Crippen LogP contribution in [0.4, 0.5) is 5.82 Å². The van der Waals surface area contributed by atoms with Gasteiger partial charge in [-0.3, -0.25) is 4.98 Å². The Kier molecular flexibility index (Phi) is 2.86. The molecule has 0 amide bonds. The molecular formula is C13H15N3. The Bertz CT molecular complexity index is 475. The van der Waals surface area contributed by atoms with E-state index in [-0.39, 0.29) is 0 Å². The van der Waals surface area contributed by atoms with Crippen LogP contribution in [0.25, 0.3) is 11.1 Å². The highest BCUT2D eigenvalue weighted by Crippen LogP contribution is 2.26. The minimum atomic E-state index is 0.397. The number of aromatic nitrogens is 2. The van der Waals surface area contributed by atoms with Crippen molar-refractivity contribution in [1.29, 1.82) is 0 Å². The van der Waals surface area contributed by atoms with Gasteiger partial charge in [0.05, 0.1) is 5.69 Å². The van der Waals surface area contributed by atoms with Crippen molar-refractivity contribution in [3.05, 3.63) is 42.4 Å². The van der Waals surface area contributed by atoms with Crippen LogP contribution in [0.5, 0.6) is 0 Å². The maximum absolute atomic E-state index is 5.58. The van der Waals surface area contributed by atoms with Crippen LogP contribution < -0.4 is 5.73 Å². The van der Waals surface area contributed by atoms with Crippen LogP contribution in [0.15, 0.2) is 36.7 Å². The van der Waals surface area contributed by atoms with Crippen molar-refractivity contribution in [2.24, 2.45) is 0 Å². The Morgan fingerprint density at radius 2 is 1.94 bits per heavy atom. The summed E-state index contributed by atoms with van der Waals surface area (Å²) in [5.74, 6) is 0.937. The quantitative estimate of drug-likeness (QED) is 0.834. The van der Waals surface area contributed by atoms with Crippen molar-refractivity contribution in [2.45, 2.75) is 19.8 Å². The van der Waals surface area contributed by atoms with Gasteiger partial charge in [-0.25, -0.2) is 4.98 Å². The third-order valence-corrected chi connectivity index (χ3v) is 2.48. The summed E-state index contributed by atoms with van der Waals surface area (Å²) in [4.78, 5) is 8.52. The first kappa shape index (κ1) is 10.6. The van der Waals surface area contributed by atoms with Gasteiger partial charge >= 0.3 is 0 Å². The van der Waals surface area contributed by atoms with Gasteiger partial charge in [-0.2, -0.15) is 0 Å². The number of nitrogens with zero attached hydrogens (tertiary/aromatic N) is 2. The highest BCUT2D eigenvalue weighted by molar-refractivity contribution is 5.66. The summed E-state index contributed by atoms with van der Waals surface area (Å²) in [6.07, 6.45) is 3.61. The van der Waals surface area contributed by atoms with Crippen LogP contribution in [0.2, 0.25) is 0 Å². The van der Waals surface area contributed by atoms with E-state index in [1.54, 1.807) is 6.20 Å². The van der Waals surface area contributed by atoms with Crippen LogP contribution in [0.3, 0.4) is 0 Å². The third kappa shape index (κ3) is 2.03. The highest BCUT2D eigenvalue weighted by Gasteiger charge is 2.09. The molecule has 2 aromatic heterocycles. The molecule has 0 aliphatic carbocycles. The van der Waals surface area contributed by atoms with Crippen molar-refractivity contribution >= 4 is 5.82 Å². The molecule has 2 heterocycles. The topological polar surface area (TPSA) is 51.8 Å². The van der Waals surface area contributed by atoms with Gasteiger partial charge in [-0.05, 0) is 24.1 Å². The normalized spacial score (nSPS) is 10.7. The molecule has 3 heteroatoms. The van der Waals surface area contributed by atoms with Gasteiger partial charge in [0.2, 0.25) is 0 Å². The molecule has 2 N–H and O–H groups in total. The Balaban J connectivity index is 2.51. The average molecular weight is 213 g/mol. The Hall–Kier alpha value is -1.90. The van der Waals surface area contributed by atoms with Gasteiger partial charge < -0.3 is 5.73 Å². The fourth-order valence-electron chi connectivity index (χ4n) is 1.69. The molecule has 2 rings (SSSR count). The SMILES string of the molecule is CC(C)c1ncccc1-c1ccc(N)nc1. The van der Waals surface area contributed by atoms with Crippen LogP contribution in [-0.4, -0.2) is 9.97 Å². The molecule has 82 valence electrons. The standard InChI is InChI=1S/C13H15N3/c1-9(2)13-11(4-3-7-15-13)10-5-6-12(14)16-8-10/h3-9H,1-2H3,(H2,14,16). The second-order valence-corrected chi connectivity index (χ2v) is 4.06. The number of rotatable bonds is 2. The molecule has 0 saturated heterocycles. The van der Waals surface area contributed by atoms with Crippen LogP contribution >= 0.6 is 0 Å². The molecule has 16 heavy (non-hydrogen) atoms. The molecule has 2 aromatic rings. The predicted octanol–water partition coefficient (Wildman–Crippen LogP) is 2.85. The van der Waals surface area contributed by atoms with Crippen LogP contribution in [0.1, 0.15) is 25.5 Å². The Labute approximate surface area is 95.4 Å². The van der Waals surface area contributed by atoms with Gasteiger partial charge in [-0.15, -0.1) is 0 Å². The first-order valence-electron chi connectivity index (χ1n) is 5.35. The molecule has 0 saturated carbocycles.